The van der Waals surface area contributed by atoms with E-state index in [4.69, 9.17) is 10.00 Å². The highest BCUT2D eigenvalue weighted by Gasteiger charge is 2.21. The van der Waals surface area contributed by atoms with Crippen molar-refractivity contribution in [2.75, 3.05) is 25.6 Å². The van der Waals surface area contributed by atoms with Gasteiger partial charge in [0.25, 0.3) is 0 Å². The van der Waals surface area contributed by atoms with E-state index in [1.807, 2.05) is 0 Å². The number of aromatic nitrogens is 2. The van der Waals surface area contributed by atoms with Crippen LogP contribution in [-0.4, -0.2) is 46.8 Å². The topological polar surface area (TPSA) is 112 Å². The number of nitrogens with one attached hydrogen (secondary N) is 2. The van der Waals surface area contributed by atoms with Gasteiger partial charge < -0.3 is 15.2 Å². The number of nitriles is 1. The fourth-order valence-corrected chi connectivity index (χ4v) is 2.13. The smallest absolute Gasteiger partial charge is 0.320 e. The van der Waals surface area contributed by atoms with Crippen molar-refractivity contribution in [2.45, 2.75) is 12.5 Å². The normalized spacial score (nSPS) is 12.9. The molecule has 0 bridgehead atoms. The molecular weight excluding hydrogens is 329 g/mol. The molecule has 8 nitrogen and oxygen atoms in total. The van der Waals surface area contributed by atoms with Gasteiger partial charge in [0, 0.05) is 19.4 Å². The van der Waals surface area contributed by atoms with Crippen LogP contribution in [0.1, 0.15) is 12.5 Å². The van der Waals surface area contributed by atoms with E-state index in [9.17, 15) is 14.3 Å². The van der Waals surface area contributed by atoms with Gasteiger partial charge in [0.1, 0.15) is 23.1 Å². The average molecular weight is 347 g/mol. The summed E-state index contributed by atoms with van der Waals surface area (Å²) in [5.41, 5.74) is -1.08. The van der Waals surface area contributed by atoms with Crippen molar-refractivity contribution < 1.29 is 19.0 Å². The van der Waals surface area contributed by atoms with Crippen LogP contribution in [0.25, 0.3) is 5.69 Å². The quantitative estimate of drug-likeness (QED) is 0.731. The molecule has 1 aromatic carbocycles. The summed E-state index contributed by atoms with van der Waals surface area (Å²) in [5.74, 6) is -0.444. The number of nitrogens with zero attached hydrogens (tertiary/aromatic N) is 3. The first kappa shape index (κ1) is 18.4. The van der Waals surface area contributed by atoms with Crippen molar-refractivity contribution >= 4 is 11.8 Å². The zero-order valence-electron chi connectivity index (χ0n) is 13.8. The molecule has 3 N–H and O–H groups in total. The van der Waals surface area contributed by atoms with E-state index in [1.54, 1.807) is 12.1 Å². The minimum atomic E-state index is -1.20. The predicted molar refractivity (Wildman–Crippen MR) is 87.8 cm³/mol. The van der Waals surface area contributed by atoms with Gasteiger partial charge in [-0.2, -0.15) is 5.26 Å². The van der Waals surface area contributed by atoms with Crippen molar-refractivity contribution in [3.8, 4) is 11.8 Å². The Morgan fingerprint density at radius 1 is 1.52 bits per heavy atom. The Balaban J connectivity index is 2.04. The standard InChI is InChI=1S/C16H18FN5O3/c1-16(24,10-25-2)9-19-15(23)20-14-6-7-22(21-14)13-5-3-4-12(17)11(13)8-18/h3-7,24H,9-10H2,1-2H3,(H2,19,20,21,23). The molecule has 1 heterocycles. The number of carbonyl (C=O) groups is 1. The van der Waals surface area contributed by atoms with Crippen LogP contribution in [0.2, 0.25) is 0 Å². The lowest BCUT2D eigenvalue weighted by atomic mass is 10.1. The van der Waals surface area contributed by atoms with Gasteiger partial charge >= 0.3 is 6.03 Å². The number of methoxy groups -OCH3 is 1. The number of anilines is 1. The van der Waals surface area contributed by atoms with Gasteiger partial charge in [-0.1, -0.05) is 6.07 Å². The molecule has 9 heteroatoms. The van der Waals surface area contributed by atoms with E-state index in [2.05, 4.69) is 15.7 Å². The molecule has 0 saturated heterocycles. The van der Waals surface area contributed by atoms with Gasteiger partial charge in [-0.15, -0.1) is 5.10 Å². The van der Waals surface area contributed by atoms with Gasteiger partial charge in [-0.25, -0.2) is 13.9 Å². The fraction of sp³-hybridized carbons (Fsp3) is 0.312. The number of benzene rings is 1. The number of amides is 2. The molecule has 1 unspecified atom stereocenters. The van der Waals surface area contributed by atoms with Crippen LogP contribution < -0.4 is 10.6 Å². The first-order chi connectivity index (χ1) is 11.9. The maximum Gasteiger partial charge on any atom is 0.320 e. The van der Waals surface area contributed by atoms with Crippen LogP contribution in [0, 0.1) is 17.1 Å². The Kier molecular flexibility index (Phi) is 5.69. The van der Waals surface area contributed by atoms with Crippen LogP contribution in [0.3, 0.4) is 0 Å². The minimum absolute atomic E-state index is 0.0180. The first-order valence-electron chi connectivity index (χ1n) is 7.37. The molecule has 25 heavy (non-hydrogen) atoms. The Bertz CT molecular complexity index is 797. The summed E-state index contributed by atoms with van der Waals surface area (Å²) >= 11 is 0. The monoisotopic (exact) mass is 347 g/mol. The lowest BCUT2D eigenvalue weighted by molar-refractivity contribution is -0.0133. The van der Waals surface area contributed by atoms with Crippen molar-refractivity contribution in [3.63, 3.8) is 0 Å². The van der Waals surface area contributed by atoms with Crippen molar-refractivity contribution in [1.29, 1.82) is 5.26 Å². The molecule has 0 radical (unpaired) electrons. The van der Waals surface area contributed by atoms with E-state index in [1.165, 1.54) is 43.1 Å². The van der Waals surface area contributed by atoms with Gasteiger partial charge in [-0.05, 0) is 19.1 Å². The van der Waals surface area contributed by atoms with Crippen molar-refractivity contribution in [1.82, 2.24) is 15.1 Å². The number of halogens is 1. The molecule has 2 amide bonds. The number of aliphatic hydroxyl groups is 1. The highest BCUT2D eigenvalue weighted by molar-refractivity contribution is 5.88. The van der Waals surface area contributed by atoms with Gasteiger partial charge in [-0.3, -0.25) is 5.32 Å². The maximum absolute atomic E-state index is 13.7. The van der Waals surface area contributed by atoms with Crippen molar-refractivity contribution in [2.24, 2.45) is 0 Å². The van der Waals surface area contributed by atoms with E-state index in [0.717, 1.165) is 0 Å². The third-order valence-electron chi connectivity index (χ3n) is 3.27. The lowest BCUT2D eigenvalue weighted by Crippen LogP contribution is -2.45. The van der Waals surface area contributed by atoms with Gasteiger partial charge in [0.05, 0.1) is 18.8 Å². The zero-order chi connectivity index (χ0) is 18.4. The predicted octanol–water partition coefficient (Wildman–Crippen LogP) is 1.40. The molecular formula is C16H18FN5O3. The van der Waals surface area contributed by atoms with Crippen LogP contribution in [0.4, 0.5) is 15.0 Å². The number of hydrogen-bond acceptors (Lipinski definition) is 5. The van der Waals surface area contributed by atoms with E-state index in [0.29, 0.717) is 0 Å². The summed E-state index contributed by atoms with van der Waals surface area (Å²) in [6, 6.07) is 6.91. The van der Waals surface area contributed by atoms with Crippen LogP contribution in [-0.2, 0) is 4.74 Å². The van der Waals surface area contributed by atoms with E-state index < -0.39 is 17.4 Å². The second-order valence-electron chi connectivity index (χ2n) is 5.63. The zero-order valence-corrected chi connectivity index (χ0v) is 13.8. The molecule has 0 saturated carbocycles. The van der Waals surface area contributed by atoms with Gasteiger partial charge in [0.15, 0.2) is 5.82 Å². The van der Waals surface area contributed by atoms with Crippen LogP contribution >= 0.6 is 0 Å². The van der Waals surface area contributed by atoms with Crippen LogP contribution in [0.5, 0.6) is 0 Å². The third kappa shape index (κ3) is 4.76. The molecule has 1 aromatic heterocycles. The molecule has 0 aliphatic heterocycles. The summed E-state index contributed by atoms with van der Waals surface area (Å²) in [6.07, 6.45) is 1.49. The molecule has 0 aliphatic carbocycles. The molecule has 0 aliphatic rings. The first-order valence-corrected chi connectivity index (χ1v) is 7.37. The maximum atomic E-state index is 13.7. The Hall–Kier alpha value is -2.96. The number of ether oxygens (including phenoxy) is 1. The van der Waals surface area contributed by atoms with Gasteiger partial charge in [0.2, 0.25) is 0 Å². The lowest BCUT2D eigenvalue weighted by Gasteiger charge is -2.22. The summed E-state index contributed by atoms with van der Waals surface area (Å²) in [4.78, 5) is 11.9. The molecule has 1 atom stereocenters. The SMILES string of the molecule is COCC(C)(O)CNC(=O)Nc1ccn(-c2cccc(F)c2C#N)n1. The van der Waals surface area contributed by atoms with E-state index >= 15 is 0 Å². The fourth-order valence-electron chi connectivity index (χ4n) is 2.13. The number of urea groups is 1. The molecule has 132 valence electrons. The summed E-state index contributed by atoms with van der Waals surface area (Å²) < 4.78 is 19.8. The second-order valence-corrected chi connectivity index (χ2v) is 5.63. The Morgan fingerprint density at radius 3 is 2.96 bits per heavy atom. The largest absolute Gasteiger partial charge is 0.386 e. The van der Waals surface area contributed by atoms with Crippen LogP contribution in [0.15, 0.2) is 30.5 Å². The molecule has 2 rings (SSSR count). The summed E-state index contributed by atoms with van der Waals surface area (Å²) in [7, 11) is 1.45. The molecule has 2 aromatic rings. The molecule has 0 spiro atoms. The minimum Gasteiger partial charge on any atom is -0.386 e. The summed E-state index contributed by atoms with van der Waals surface area (Å²) in [6.45, 7) is 1.58. The Labute approximate surface area is 143 Å². The molecule has 0 fully saturated rings. The number of carbonyl (C=O) groups excluding carboxylic acids is 1. The highest BCUT2D eigenvalue weighted by atomic mass is 19.1. The highest BCUT2D eigenvalue weighted by Crippen LogP contribution is 2.17. The summed E-state index contributed by atoms with van der Waals surface area (Å²) in [5, 5.41) is 28.0. The number of rotatable bonds is 6. The number of hydrogen-bond donors (Lipinski definition) is 3. The third-order valence-corrected chi connectivity index (χ3v) is 3.27. The second kappa shape index (κ2) is 7.74. The average Bonchev–Trinajstić information content (AvgIpc) is 3.01. The van der Waals surface area contributed by atoms with Crippen molar-refractivity contribution in [3.05, 3.63) is 41.8 Å². The Morgan fingerprint density at radius 2 is 2.28 bits per heavy atom. The van der Waals surface area contributed by atoms with E-state index in [-0.39, 0.29) is 30.2 Å².